The van der Waals surface area contributed by atoms with Crippen LogP contribution in [0.25, 0.3) is 22.3 Å². The molecule has 0 saturated carbocycles. The van der Waals surface area contributed by atoms with E-state index in [9.17, 15) is 4.79 Å². The Bertz CT molecular complexity index is 1820. The lowest BCUT2D eigenvalue weighted by Crippen LogP contribution is -2.40. The van der Waals surface area contributed by atoms with Crippen LogP contribution < -0.4 is 10.1 Å². The first-order valence-electron chi connectivity index (χ1n) is 12.5. The van der Waals surface area contributed by atoms with Gasteiger partial charge in [-0.2, -0.15) is 5.10 Å². The number of hydrogen-bond donors (Lipinski definition) is 1. The van der Waals surface area contributed by atoms with Gasteiger partial charge >= 0.3 is 0 Å². The molecule has 1 amide bonds. The fourth-order valence-corrected chi connectivity index (χ4v) is 4.59. The number of aryl methyl sites for hydroxylation is 1. The van der Waals surface area contributed by atoms with E-state index in [1.165, 1.54) is 24.8 Å². The summed E-state index contributed by atoms with van der Waals surface area (Å²) < 4.78 is 22.8. The summed E-state index contributed by atoms with van der Waals surface area (Å²) in [6.07, 6.45) is 9.98. The molecule has 200 valence electrons. The number of ether oxygens (including phenoxy) is 1. The fourth-order valence-electron chi connectivity index (χ4n) is 4.59. The fraction of sp³-hybridized carbons (Fsp3) is 0.179. The molecule has 11 nitrogen and oxygen atoms in total. The van der Waals surface area contributed by atoms with Gasteiger partial charge < -0.3 is 15.0 Å². The molecule has 0 unspecified atom stereocenters. The van der Waals surface area contributed by atoms with Crippen LogP contribution >= 0.6 is 0 Å². The van der Waals surface area contributed by atoms with E-state index >= 15 is 4.39 Å². The maximum Gasteiger partial charge on any atom is 0.246 e. The number of nitrogens with one attached hydrogen (secondary N) is 1. The van der Waals surface area contributed by atoms with E-state index in [0.717, 1.165) is 5.57 Å². The zero-order valence-corrected chi connectivity index (χ0v) is 21.7. The summed E-state index contributed by atoms with van der Waals surface area (Å²) in [5, 5.41) is 7.12. The number of hydrogen-bond acceptors (Lipinski definition) is 9. The molecule has 6 rings (SSSR count). The van der Waals surface area contributed by atoms with Crippen LogP contribution in [0.2, 0.25) is 0 Å². The standard InChI is InChI=1S/C28H24FN9O2/c1-4-25(39)37-7-5-18(10-17(37)3)27-30-13-22-26(36-27)28(33-14-31-22)35-21-9-16(2)23(12-20(21)29)40-19-6-8-38-24(11-19)32-15-34-38/h4-6,8-9,11-15,17H,1,7,10H2,2-3H3,(H,31,33,35)/t17-/m0/s1. The molecule has 1 aliphatic rings. The number of rotatable bonds is 6. The smallest absolute Gasteiger partial charge is 0.246 e. The Hall–Kier alpha value is -5.26. The Morgan fingerprint density at radius 1 is 1.20 bits per heavy atom. The van der Waals surface area contributed by atoms with Crippen molar-refractivity contribution >= 4 is 39.7 Å². The van der Waals surface area contributed by atoms with Crippen molar-refractivity contribution < 1.29 is 13.9 Å². The minimum Gasteiger partial charge on any atom is -0.457 e. The molecule has 1 N–H and O–H groups in total. The van der Waals surface area contributed by atoms with Gasteiger partial charge in [0.15, 0.2) is 17.3 Å². The summed E-state index contributed by atoms with van der Waals surface area (Å²) in [5.41, 5.74) is 3.40. The Morgan fingerprint density at radius 3 is 2.90 bits per heavy atom. The third-order valence-electron chi connectivity index (χ3n) is 6.70. The van der Waals surface area contributed by atoms with Crippen molar-refractivity contribution in [3.8, 4) is 11.5 Å². The van der Waals surface area contributed by atoms with E-state index in [4.69, 9.17) is 9.72 Å². The predicted octanol–water partition coefficient (Wildman–Crippen LogP) is 4.64. The van der Waals surface area contributed by atoms with Gasteiger partial charge in [-0.3, -0.25) is 4.79 Å². The minimum absolute atomic E-state index is 0.0366. The average Bonchev–Trinajstić information content (AvgIpc) is 3.43. The number of aromatic nitrogens is 7. The van der Waals surface area contributed by atoms with Crippen molar-refractivity contribution in [2.75, 3.05) is 11.9 Å². The highest BCUT2D eigenvalue weighted by molar-refractivity contribution is 5.89. The van der Waals surface area contributed by atoms with Crippen LogP contribution in [0.15, 0.2) is 68.0 Å². The highest BCUT2D eigenvalue weighted by atomic mass is 19.1. The molecule has 1 aromatic carbocycles. The van der Waals surface area contributed by atoms with Crippen molar-refractivity contribution in [3.63, 3.8) is 0 Å². The third kappa shape index (κ3) is 4.70. The van der Waals surface area contributed by atoms with E-state index in [0.29, 0.717) is 58.4 Å². The number of fused-ring (bicyclic) bond motifs is 2. The number of pyridine rings is 1. The number of nitrogens with zero attached hydrogens (tertiary/aromatic N) is 8. The zero-order valence-electron chi connectivity index (χ0n) is 21.7. The van der Waals surface area contributed by atoms with Gasteiger partial charge in [0.1, 0.15) is 41.0 Å². The van der Waals surface area contributed by atoms with Crippen LogP contribution in [0.4, 0.5) is 15.9 Å². The van der Waals surface area contributed by atoms with E-state index in [2.05, 4.69) is 36.9 Å². The van der Waals surface area contributed by atoms with Crippen molar-refractivity contribution in [3.05, 3.63) is 85.2 Å². The molecule has 5 heterocycles. The van der Waals surface area contributed by atoms with Crippen molar-refractivity contribution in [1.29, 1.82) is 0 Å². The van der Waals surface area contributed by atoms with E-state index in [1.807, 2.05) is 19.9 Å². The van der Waals surface area contributed by atoms with Crippen LogP contribution in [-0.4, -0.2) is 57.9 Å². The van der Waals surface area contributed by atoms with Gasteiger partial charge in [-0.05, 0) is 49.6 Å². The molecule has 12 heteroatoms. The molecule has 0 radical (unpaired) electrons. The molecule has 1 atom stereocenters. The van der Waals surface area contributed by atoms with E-state index in [-0.39, 0.29) is 17.6 Å². The maximum atomic E-state index is 15.3. The van der Waals surface area contributed by atoms with Crippen LogP contribution in [0.1, 0.15) is 24.7 Å². The van der Waals surface area contributed by atoms with Crippen LogP contribution in [0.3, 0.4) is 0 Å². The average molecular weight is 538 g/mol. The highest BCUT2D eigenvalue weighted by Gasteiger charge is 2.24. The highest BCUT2D eigenvalue weighted by Crippen LogP contribution is 2.32. The molecule has 0 fully saturated rings. The van der Waals surface area contributed by atoms with Crippen LogP contribution in [0, 0.1) is 12.7 Å². The normalized spacial score (nSPS) is 15.2. The largest absolute Gasteiger partial charge is 0.457 e. The van der Waals surface area contributed by atoms with Gasteiger partial charge in [0.2, 0.25) is 5.91 Å². The second-order valence-electron chi connectivity index (χ2n) is 9.38. The molecule has 5 aromatic rings. The van der Waals surface area contributed by atoms with Gasteiger partial charge in [-0.25, -0.2) is 33.8 Å². The second kappa shape index (κ2) is 10.1. The predicted molar refractivity (Wildman–Crippen MR) is 147 cm³/mol. The Morgan fingerprint density at radius 2 is 2.08 bits per heavy atom. The summed E-state index contributed by atoms with van der Waals surface area (Å²) in [7, 11) is 0. The summed E-state index contributed by atoms with van der Waals surface area (Å²) >= 11 is 0. The van der Waals surface area contributed by atoms with E-state index < -0.39 is 5.82 Å². The van der Waals surface area contributed by atoms with Gasteiger partial charge in [-0.1, -0.05) is 12.7 Å². The quantitative estimate of drug-likeness (QED) is 0.309. The molecule has 0 bridgehead atoms. The number of benzene rings is 1. The van der Waals surface area contributed by atoms with Gasteiger partial charge in [0.05, 0.1) is 11.9 Å². The minimum atomic E-state index is -0.527. The first-order chi connectivity index (χ1) is 19.4. The Labute approximate surface area is 228 Å². The van der Waals surface area contributed by atoms with Crippen LogP contribution in [0.5, 0.6) is 11.5 Å². The molecule has 0 aliphatic carbocycles. The summed E-state index contributed by atoms with van der Waals surface area (Å²) in [6, 6.07) is 6.38. The Balaban J connectivity index is 1.27. The molecule has 40 heavy (non-hydrogen) atoms. The topological polar surface area (TPSA) is 123 Å². The number of carbonyl (C=O) groups is 1. The van der Waals surface area contributed by atoms with Crippen molar-refractivity contribution in [2.45, 2.75) is 26.3 Å². The number of halogens is 1. The molecule has 4 aromatic heterocycles. The zero-order chi connectivity index (χ0) is 27.8. The number of anilines is 2. The molecular formula is C28H24FN9O2. The molecule has 0 spiro atoms. The van der Waals surface area contributed by atoms with Gasteiger partial charge in [-0.15, -0.1) is 0 Å². The maximum absolute atomic E-state index is 15.3. The molecule has 1 aliphatic heterocycles. The number of amides is 1. The van der Waals surface area contributed by atoms with Gasteiger partial charge in [0, 0.05) is 30.9 Å². The van der Waals surface area contributed by atoms with Crippen molar-refractivity contribution in [1.82, 2.24) is 39.4 Å². The molecule has 0 saturated heterocycles. The van der Waals surface area contributed by atoms with Crippen LogP contribution in [-0.2, 0) is 4.79 Å². The molecular weight excluding hydrogens is 513 g/mol. The monoisotopic (exact) mass is 537 g/mol. The summed E-state index contributed by atoms with van der Waals surface area (Å²) in [4.78, 5) is 35.8. The number of carbonyl (C=O) groups excluding carboxylic acids is 1. The summed E-state index contributed by atoms with van der Waals surface area (Å²) in [6.45, 7) is 7.80. The first-order valence-corrected chi connectivity index (χ1v) is 12.5. The Kier molecular flexibility index (Phi) is 6.34. The second-order valence-corrected chi connectivity index (χ2v) is 9.38. The van der Waals surface area contributed by atoms with Crippen molar-refractivity contribution in [2.24, 2.45) is 0 Å². The third-order valence-corrected chi connectivity index (χ3v) is 6.70. The lowest BCUT2D eigenvalue weighted by molar-refractivity contribution is -0.127. The summed E-state index contributed by atoms with van der Waals surface area (Å²) in [5.74, 6) is 1.08. The first kappa shape index (κ1) is 25.0. The lowest BCUT2D eigenvalue weighted by Gasteiger charge is -2.31. The van der Waals surface area contributed by atoms with E-state index in [1.54, 1.807) is 40.0 Å². The lowest BCUT2D eigenvalue weighted by atomic mass is 10.0. The SMILES string of the molecule is C=CC(=O)N1CC=C(c2ncc3ncnc(Nc4cc(C)c(Oc5ccn6ncnc6c5)cc4F)c3n2)C[C@@H]1C. The van der Waals surface area contributed by atoms with Gasteiger partial charge in [0.25, 0.3) is 0 Å².